The highest BCUT2D eigenvalue weighted by Crippen LogP contribution is 2.34. The number of carbonyl (C=O) groups is 1. The highest BCUT2D eigenvalue weighted by Gasteiger charge is 2.30. The van der Waals surface area contributed by atoms with E-state index in [1.165, 1.54) is 0 Å². The van der Waals surface area contributed by atoms with Gasteiger partial charge in [-0.15, -0.1) is 10.2 Å². The minimum absolute atomic E-state index is 0.00341. The summed E-state index contributed by atoms with van der Waals surface area (Å²) in [6.07, 6.45) is 6.62. The zero-order valence-corrected chi connectivity index (χ0v) is 15.7. The van der Waals surface area contributed by atoms with E-state index in [1.807, 2.05) is 24.4 Å². The van der Waals surface area contributed by atoms with Crippen LogP contribution in [0, 0.1) is 11.3 Å². The van der Waals surface area contributed by atoms with Crippen molar-refractivity contribution in [1.82, 2.24) is 29.9 Å². The normalized spacial score (nSPS) is 18.9. The maximum absolute atomic E-state index is 12.4. The van der Waals surface area contributed by atoms with Crippen molar-refractivity contribution in [3.05, 3.63) is 59.7 Å². The van der Waals surface area contributed by atoms with Gasteiger partial charge in [-0.1, -0.05) is 12.1 Å². The van der Waals surface area contributed by atoms with Crippen LogP contribution in [0.4, 0.5) is 0 Å². The van der Waals surface area contributed by atoms with Crippen LogP contribution in [0.5, 0.6) is 0 Å². The van der Waals surface area contributed by atoms with E-state index in [2.05, 4.69) is 36.0 Å². The zero-order chi connectivity index (χ0) is 19.8. The van der Waals surface area contributed by atoms with Gasteiger partial charge in [0.05, 0.1) is 29.8 Å². The molecule has 144 valence electrons. The minimum atomic E-state index is 0.00341. The molecule has 0 saturated heterocycles. The van der Waals surface area contributed by atoms with Crippen molar-refractivity contribution in [2.45, 2.75) is 37.6 Å². The van der Waals surface area contributed by atoms with Crippen LogP contribution >= 0.6 is 0 Å². The summed E-state index contributed by atoms with van der Waals surface area (Å²) >= 11 is 0. The number of nitrogens with zero attached hydrogens (tertiary/aromatic N) is 5. The van der Waals surface area contributed by atoms with Gasteiger partial charge in [-0.2, -0.15) is 5.26 Å². The fourth-order valence-corrected chi connectivity index (χ4v) is 4.17. The molecule has 0 unspecified atom stereocenters. The highest BCUT2D eigenvalue weighted by atomic mass is 16.1. The molecule has 2 atom stereocenters. The van der Waals surface area contributed by atoms with Crippen LogP contribution in [-0.4, -0.2) is 36.5 Å². The molecule has 3 aromatic heterocycles. The summed E-state index contributed by atoms with van der Waals surface area (Å²) in [7, 11) is 0. The van der Waals surface area contributed by atoms with E-state index in [9.17, 15) is 4.79 Å². The van der Waals surface area contributed by atoms with Crippen LogP contribution in [-0.2, 0) is 11.2 Å². The van der Waals surface area contributed by atoms with Crippen LogP contribution in [0.1, 0.15) is 42.1 Å². The van der Waals surface area contributed by atoms with E-state index in [-0.39, 0.29) is 17.9 Å². The smallest absolute Gasteiger partial charge is 0.224 e. The Hall–Kier alpha value is -3.73. The largest absolute Gasteiger partial charge is 0.353 e. The summed E-state index contributed by atoms with van der Waals surface area (Å²) in [6.45, 7) is 0. The maximum atomic E-state index is 12.4. The van der Waals surface area contributed by atoms with Crippen LogP contribution in [0.3, 0.4) is 0 Å². The van der Waals surface area contributed by atoms with Gasteiger partial charge in [0, 0.05) is 18.2 Å². The average molecular weight is 385 g/mol. The monoisotopic (exact) mass is 385 g/mol. The fourth-order valence-electron chi connectivity index (χ4n) is 4.17. The summed E-state index contributed by atoms with van der Waals surface area (Å²) in [5.41, 5.74) is 4.02. The number of hydrogen-bond donors (Lipinski definition) is 2. The van der Waals surface area contributed by atoms with Gasteiger partial charge in [0.2, 0.25) is 5.91 Å². The molecule has 3 heterocycles. The van der Waals surface area contributed by atoms with Gasteiger partial charge in [-0.05, 0) is 43.0 Å². The number of nitriles is 1. The molecule has 1 amide bonds. The number of benzene rings is 1. The Morgan fingerprint density at radius 1 is 1.24 bits per heavy atom. The predicted molar refractivity (Wildman–Crippen MR) is 106 cm³/mol. The quantitative estimate of drug-likeness (QED) is 0.560. The molecular weight excluding hydrogens is 366 g/mol. The predicted octanol–water partition coefficient (Wildman–Crippen LogP) is 2.47. The molecule has 29 heavy (non-hydrogen) atoms. The fraction of sp³-hybridized carbons (Fsp3) is 0.286. The first kappa shape index (κ1) is 17.4. The summed E-state index contributed by atoms with van der Waals surface area (Å²) in [5.74, 6) is 1.17. The Bertz CT molecular complexity index is 1230. The Labute approximate surface area is 166 Å². The van der Waals surface area contributed by atoms with Gasteiger partial charge in [-0.25, -0.2) is 4.98 Å². The lowest BCUT2D eigenvalue weighted by Gasteiger charge is -2.13. The molecule has 1 saturated carbocycles. The standard InChI is InChI=1S/C21H19N7O/c22-11-14-3-1-13(2-4-14)9-19(29)25-16-6-5-15(10-16)21-27-26-18-12-24-20-17(28(18)21)7-8-23-20/h1-4,7-8,12,15-16,23H,5-6,9-10H2,(H,25,29)/t15-,16+/m1/s1. The van der Waals surface area contributed by atoms with Crippen molar-refractivity contribution in [2.24, 2.45) is 0 Å². The van der Waals surface area contributed by atoms with Crippen molar-refractivity contribution in [3.63, 3.8) is 0 Å². The topological polar surface area (TPSA) is 112 Å². The number of fused-ring (bicyclic) bond motifs is 3. The molecule has 0 aliphatic heterocycles. The first-order chi connectivity index (χ1) is 14.2. The number of nitrogens with one attached hydrogen (secondary N) is 2. The third-order valence-corrected chi connectivity index (χ3v) is 5.58. The molecule has 1 fully saturated rings. The van der Waals surface area contributed by atoms with Crippen molar-refractivity contribution in [1.29, 1.82) is 5.26 Å². The molecule has 4 aromatic rings. The Morgan fingerprint density at radius 3 is 2.93 bits per heavy atom. The van der Waals surface area contributed by atoms with Crippen LogP contribution in [0.2, 0.25) is 0 Å². The first-order valence-electron chi connectivity index (χ1n) is 9.67. The van der Waals surface area contributed by atoms with E-state index in [1.54, 1.807) is 18.3 Å². The summed E-state index contributed by atoms with van der Waals surface area (Å²) in [6, 6.07) is 11.3. The van der Waals surface area contributed by atoms with Crippen molar-refractivity contribution in [2.75, 3.05) is 0 Å². The summed E-state index contributed by atoms with van der Waals surface area (Å²) in [4.78, 5) is 19.9. The molecule has 0 bridgehead atoms. The van der Waals surface area contributed by atoms with Crippen molar-refractivity contribution in [3.8, 4) is 6.07 Å². The number of amides is 1. The van der Waals surface area contributed by atoms with Crippen LogP contribution < -0.4 is 5.32 Å². The summed E-state index contributed by atoms with van der Waals surface area (Å²) in [5, 5.41) is 20.7. The molecule has 1 aromatic carbocycles. The van der Waals surface area contributed by atoms with Gasteiger partial charge >= 0.3 is 0 Å². The van der Waals surface area contributed by atoms with Crippen LogP contribution in [0.25, 0.3) is 16.8 Å². The Kier molecular flexibility index (Phi) is 4.21. The van der Waals surface area contributed by atoms with Crippen molar-refractivity contribution < 1.29 is 4.79 Å². The van der Waals surface area contributed by atoms with Gasteiger partial charge in [0.1, 0.15) is 5.82 Å². The second-order valence-corrected chi connectivity index (χ2v) is 7.48. The number of hydrogen-bond acceptors (Lipinski definition) is 5. The molecule has 8 heteroatoms. The number of rotatable bonds is 4. The SMILES string of the molecule is N#Cc1ccc(CC(=O)N[C@H]2CC[C@@H](c3nnc4cnc5[nH]ccc5n34)C2)cc1. The van der Waals surface area contributed by atoms with Crippen molar-refractivity contribution >= 4 is 22.7 Å². The molecule has 1 aliphatic rings. The second kappa shape index (κ2) is 7.02. The van der Waals surface area contributed by atoms with Gasteiger partial charge in [-0.3, -0.25) is 9.20 Å². The van der Waals surface area contributed by atoms with E-state index in [0.717, 1.165) is 47.5 Å². The minimum Gasteiger partial charge on any atom is -0.353 e. The lowest BCUT2D eigenvalue weighted by molar-refractivity contribution is -0.121. The van der Waals surface area contributed by atoms with Gasteiger partial charge in [0.25, 0.3) is 0 Å². The Morgan fingerprint density at radius 2 is 2.10 bits per heavy atom. The lowest BCUT2D eigenvalue weighted by atomic mass is 10.1. The van der Waals surface area contributed by atoms with Gasteiger partial charge in [0.15, 0.2) is 11.3 Å². The molecule has 0 spiro atoms. The molecule has 2 N–H and O–H groups in total. The highest BCUT2D eigenvalue weighted by molar-refractivity contribution is 5.79. The van der Waals surface area contributed by atoms with Gasteiger partial charge < -0.3 is 10.3 Å². The summed E-state index contributed by atoms with van der Waals surface area (Å²) < 4.78 is 2.06. The molecule has 1 aliphatic carbocycles. The van der Waals surface area contributed by atoms with E-state index in [0.29, 0.717) is 12.0 Å². The third-order valence-electron chi connectivity index (χ3n) is 5.58. The first-order valence-corrected chi connectivity index (χ1v) is 9.67. The second-order valence-electron chi connectivity index (χ2n) is 7.48. The molecule has 0 radical (unpaired) electrons. The van der Waals surface area contributed by atoms with E-state index < -0.39 is 0 Å². The van der Waals surface area contributed by atoms with Crippen LogP contribution in [0.15, 0.2) is 42.7 Å². The lowest BCUT2D eigenvalue weighted by Crippen LogP contribution is -2.34. The number of aromatic amines is 1. The number of H-pyrrole nitrogens is 1. The van der Waals surface area contributed by atoms with E-state index in [4.69, 9.17) is 5.26 Å². The Balaban J connectivity index is 1.28. The average Bonchev–Trinajstić information content (AvgIpc) is 3.46. The molecule has 5 rings (SSSR count). The molecule has 8 nitrogen and oxygen atoms in total. The zero-order valence-electron chi connectivity index (χ0n) is 15.7. The molecular formula is C21H19N7O. The van der Waals surface area contributed by atoms with E-state index >= 15 is 0 Å². The maximum Gasteiger partial charge on any atom is 0.224 e. The number of aromatic nitrogens is 5. The third kappa shape index (κ3) is 3.21. The number of carbonyl (C=O) groups excluding carboxylic acids is 1.